The summed E-state index contributed by atoms with van der Waals surface area (Å²) >= 11 is 0. The predicted octanol–water partition coefficient (Wildman–Crippen LogP) is 6.67. The molecule has 194 valence electrons. The number of aryl methyl sites for hydroxylation is 2. The first-order valence-electron chi connectivity index (χ1n) is 12.3. The summed E-state index contributed by atoms with van der Waals surface area (Å²) in [6.45, 7) is 9.99. The summed E-state index contributed by atoms with van der Waals surface area (Å²) in [4.78, 5) is 23.0. The Hall–Kier alpha value is -3.86. The first-order valence-corrected chi connectivity index (χ1v) is 12.3. The number of hydrogen-bond donors (Lipinski definition) is 0. The molecule has 0 atom stereocenters. The number of benzene rings is 3. The number of rotatable bonds is 7. The zero-order chi connectivity index (χ0) is 27.2. The van der Waals surface area contributed by atoms with Crippen LogP contribution in [-0.2, 0) is 17.6 Å². The summed E-state index contributed by atoms with van der Waals surface area (Å²) in [6, 6.07) is 15.5. The Balaban J connectivity index is 0.000000266. The van der Waals surface area contributed by atoms with Gasteiger partial charge in [0.05, 0.1) is 14.2 Å². The van der Waals surface area contributed by atoms with Gasteiger partial charge in [-0.2, -0.15) is 0 Å². The monoisotopic (exact) mass is 500 g/mol. The van der Waals surface area contributed by atoms with Crippen LogP contribution in [0.5, 0.6) is 17.2 Å². The topological polar surface area (TPSA) is 61.8 Å². The molecule has 3 aromatic carbocycles. The van der Waals surface area contributed by atoms with Gasteiger partial charge in [0.1, 0.15) is 29.1 Å². The minimum atomic E-state index is -0.316. The molecule has 1 heterocycles. The van der Waals surface area contributed by atoms with E-state index in [0.29, 0.717) is 12.8 Å². The second kappa shape index (κ2) is 11.9. The molecule has 0 saturated heterocycles. The van der Waals surface area contributed by atoms with Crippen molar-refractivity contribution >= 4 is 18.1 Å². The van der Waals surface area contributed by atoms with Crippen LogP contribution < -0.4 is 14.2 Å². The minimum Gasteiger partial charge on any atom is -0.496 e. The van der Waals surface area contributed by atoms with Gasteiger partial charge in [0.15, 0.2) is 5.78 Å². The second-order valence-corrected chi connectivity index (χ2v) is 9.77. The van der Waals surface area contributed by atoms with Gasteiger partial charge in [-0.1, -0.05) is 30.3 Å². The maximum atomic E-state index is 12.8. The highest BCUT2D eigenvalue weighted by Gasteiger charge is 2.24. The summed E-state index contributed by atoms with van der Waals surface area (Å²) in [5.41, 5.74) is 6.49. The highest BCUT2D eigenvalue weighted by Crippen LogP contribution is 2.34. The standard InChI is InChI=1S/C22H24O3.C10H12O2/c1-14-6-7-16(13-21(14)24-5)12-19(23)17-8-9-20-18(15(17)2)10-11-22(3,4)25-20;1-8-3-4-9(5-6-11)7-10(8)12-2/h6-11,13H,12H2,1-5H3;3-4,6-7H,5H2,1-2H3. The minimum absolute atomic E-state index is 0.101. The number of Topliss-reactive ketones (excluding diaryl/α,β-unsaturated/α-hetero) is 1. The fraction of sp³-hybridized carbons (Fsp3) is 0.312. The Labute approximate surface area is 220 Å². The molecule has 0 aromatic heterocycles. The number of methoxy groups -OCH3 is 2. The van der Waals surface area contributed by atoms with E-state index < -0.39 is 0 Å². The quantitative estimate of drug-likeness (QED) is 0.268. The van der Waals surface area contributed by atoms with Crippen molar-refractivity contribution in [1.82, 2.24) is 0 Å². The van der Waals surface area contributed by atoms with Gasteiger partial charge < -0.3 is 19.0 Å². The molecule has 5 heteroatoms. The van der Waals surface area contributed by atoms with Gasteiger partial charge in [-0.05, 0) is 92.8 Å². The third-order valence-electron chi connectivity index (χ3n) is 6.43. The molecule has 0 amide bonds. The lowest BCUT2D eigenvalue weighted by Crippen LogP contribution is -2.28. The van der Waals surface area contributed by atoms with E-state index in [2.05, 4.69) is 6.08 Å². The van der Waals surface area contributed by atoms with Gasteiger partial charge in [0.25, 0.3) is 0 Å². The maximum absolute atomic E-state index is 12.8. The van der Waals surface area contributed by atoms with Crippen molar-refractivity contribution in [3.8, 4) is 17.2 Å². The van der Waals surface area contributed by atoms with E-state index in [1.165, 1.54) is 0 Å². The lowest BCUT2D eigenvalue weighted by Gasteiger charge is -2.29. The SMILES string of the molecule is COc1cc(CC(=O)c2ccc3c(c2C)C=CC(C)(C)O3)ccc1C.COc1cc(CC=O)ccc1C. The van der Waals surface area contributed by atoms with Crippen molar-refractivity contribution in [3.63, 3.8) is 0 Å². The van der Waals surface area contributed by atoms with Gasteiger partial charge in [-0.3, -0.25) is 4.79 Å². The van der Waals surface area contributed by atoms with Crippen molar-refractivity contribution in [2.24, 2.45) is 0 Å². The van der Waals surface area contributed by atoms with Gasteiger partial charge in [-0.15, -0.1) is 0 Å². The molecular weight excluding hydrogens is 464 g/mol. The van der Waals surface area contributed by atoms with E-state index in [1.807, 2.05) is 89.2 Å². The third kappa shape index (κ3) is 6.88. The van der Waals surface area contributed by atoms with E-state index >= 15 is 0 Å². The van der Waals surface area contributed by atoms with E-state index in [1.54, 1.807) is 14.2 Å². The normalized spacial score (nSPS) is 12.9. The molecule has 0 radical (unpaired) electrons. The molecule has 5 nitrogen and oxygen atoms in total. The van der Waals surface area contributed by atoms with Crippen LogP contribution in [0.15, 0.2) is 54.6 Å². The second-order valence-electron chi connectivity index (χ2n) is 9.77. The van der Waals surface area contributed by atoms with Gasteiger partial charge in [0, 0.05) is 24.0 Å². The van der Waals surface area contributed by atoms with Crippen molar-refractivity contribution in [3.05, 3.63) is 93.6 Å². The number of aldehydes is 1. The fourth-order valence-electron chi connectivity index (χ4n) is 4.25. The number of carbonyl (C=O) groups is 2. The summed E-state index contributed by atoms with van der Waals surface area (Å²) in [7, 11) is 3.28. The van der Waals surface area contributed by atoms with Crippen LogP contribution in [0.2, 0.25) is 0 Å². The molecule has 3 aromatic rings. The summed E-state index contributed by atoms with van der Waals surface area (Å²) in [5.74, 6) is 2.59. The van der Waals surface area contributed by atoms with E-state index in [-0.39, 0.29) is 11.4 Å². The largest absolute Gasteiger partial charge is 0.496 e. The Morgan fingerprint density at radius 3 is 2.08 bits per heavy atom. The van der Waals surface area contributed by atoms with Gasteiger partial charge >= 0.3 is 0 Å². The van der Waals surface area contributed by atoms with Crippen LogP contribution in [0.25, 0.3) is 6.08 Å². The van der Waals surface area contributed by atoms with Crippen LogP contribution in [-0.4, -0.2) is 31.9 Å². The molecule has 0 spiro atoms. The smallest absolute Gasteiger partial charge is 0.167 e. The molecular formula is C32H36O5. The zero-order valence-corrected chi connectivity index (χ0v) is 22.8. The van der Waals surface area contributed by atoms with Gasteiger partial charge in [0.2, 0.25) is 0 Å². The average molecular weight is 501 g/mol. The summed E-state index contributed by atoms with van der Waals surface area (Å²) < 4.78 is 16.5. The van der Waals surface area contributed by atoms with Crippen LogP contribution >= 0.6 is 0 Å². The van der Waals surface area contributed by atoms with E-state index in [4.69, 9.17) is 14.2 Å². The van der Waals surface area contributed by atoms with Crippen LogP contribution in [0.4, 0.5) is 0 Å². The lowest BCUT2D eigenvalue weighted by atomic mass is 9.92. The maximum Gasteiger partial charge on any atom is 0.167 e. The lowest BCUT2D eigenvalue weighted by molar-refractivity contribution is -0.107. The molecule has 0 aliphatic carbocycles. The fourth-order valence-corrected chi connectivity index (χ4v) is 4.25. The Morgan fingerprint density at radius 2 is 1.49 bits per heavy atom. The molecule has 0 bridgehead atoms. The van der Waals surface area contributed by atoms with Crippen molar-refractivity contribution in [1.29, 1.82) is 0 Å². The number of hydrogen-bond acceptors (Lipinski definition) is 5. The Bertz CT molecular complexity index is 1320. The van der Waals surface area contributed by atoms with Gasteiger partial charge in [-0.25, -0.2) is 0 Å². The molecule has 0 unspecified atom stereocenters. The van der Waals surface area contributed by atoms with Crippen molar-refractivity contribution in [2.45, 2.75) is 53.1 Å². The Morgan fingerprint density at radius 1 is 0.892 bits per heavy atom. The molecule has 1 aliphatic rings. The first-order chi connectivity index (χ1) is 17.6. The number of carbonyl (C=O) groups excluding carboxylic acids is 2. The molecule has 4 rings (SSSR count). The molecule has 0 N–H and O–H groups in total. The van der Waals surface area contributed by atoms with E-state index in [9.17, 15) is 9.59 Å². The van der Waals surface area contributed by atoms with Crippen LogP contribution in [0.3, 0.4) is 0 Å². The molecule has 0 saturated carbocycles. The Kier molecular flexibility index (Phi) is 8.93. The first kappa shape index (κ1) is 27.7. The molecule has 37 heavy (non-hydrogen) atoms. The predicted molar refractivity (Wildman–Crippen MR) is 148 cm³/mol. The van der Waals surface area contributed by atoms with Crippen molar-refractivity contribution < 1.29 is 23.8 Å². The van der Waals surface area contributed by atoms with Crippen LogP contribution in [0, 0.1) is 20.8 Å². The summed E-state index contributed by atoms with van der Waals surface area (Å²) in [6.07, 6.45) is 5.79. The number of ether oxygens (including phenoxy) is 3. The molecule has 1 aliphatic heterocycles. The van der Waals surface area contributed by atoms with Crippen molar-refractivity contribution in [2.75, 3.05) is 14.2 Å². The molecule has 0 fully saturated rings. The summed E-state index contributed by atoms with van der Waals surface area (Å²) in [5, 5.41) is 0. The number of fused-ring (bicyclic) bond motifs is 1. The average Bonchev–Trinajstić information content (AvgIpc) is 2.86. The highest BCUT2D eigenvalue weighted by molar-refractivity contribution is 6.00. The number of ketones is 1. The zero-order valence-electron chi connectivity index (χ0n) is 22.8. The highest BCUT2D eigenvalue weighted by atomic mass is 16.5. The van der Waals surface area contributed by atoms with E-state index in [0.717, 1.165) is 62.5 Å². The third-order valence-corrected chi connectivity index (χ3v) is 6.43. The van der Waals surface area contributed by atoms with Crippen LogP contribution in [0.1, 0.15) is 57.6 Å².